The zero-order chi connectivity index (χ0) is 20.3. The van der Waals surface area contributed by atoms with Gasteiger partial charge in [0.05, 0.1) is 5.52 Å². The second-order valence-corrected chi connectivity index (χ2v) is 8.03. The van der Waals surface area contributed by atoms with Crippen molar-refractivity contribution in [3.05, 3.63) is 62.6 Å². The zero-order valence-electron chi connectivity index (χ0n) is 16.4. The van der Waals surface area contributed by atoms with Crippen molar-refractivity contribution in [3.8, 4) is 0 Å². The van der Waals surface area contributed by atoms with Crippen LogP contribution >= 0.6 is 11.3 Å². The number of carbonyl (C=O) groups is 1. The molecule has 6 nitrogen and oxygen atoms in total. The Morgan fingerprint density at radius 2 is 1.82 bits per heavy atom. The van der Waals surface area contributed by atoms with Crippen LogP contribution in [0.2, 0.25) is 0 Å². The molecule has 0 aliphatic heterocycles. The molecule has 28 heavy (non-hydrogen) atoms. The van der Waals surface area contributed by atoms with Crippen molar-refractivity contribution in [1.29, 1.82) is 0 Å². The van der Waals surface area contributed by atoms with E-state index in [0.717, 1.165) is 12.1 Å². The lowest BCUT2D eigenvalue weighted by Crippen LogP contribution is -2.43. The topological polar surface area (TPSA) is 64.3 Å². The Bertz CT molecular complexity index is 1080. The van der Waals surface area contributed by atoms with Crippen molar-refractivity contribution in [2.75, 3.05) is 11.4 Å². The van der Waals surface area contributed by atoms with Crippen LogP contribution in [0.5, 0.6) is 0 Å². The Hall–Kier alpha value is -2.67. The van der Waals surface area contributed by atoms with Gasteiger partial charge in [0, 0.05) is 18.8 Å². The molecule has 2 aromatic heterocycles. The highest BCUT2D eigenvalue weighted by atomic mass is 32.1. The van der Waals surface area contributed by atoms with Gasteiger partial charge in [-0.25, -0.2) is 4.79 Å². The lowest BCUT2D eigenvalue weighted by Gasteiger charge is -2.22. The highest BCUT2D eigenvalue weighted by Crippen LogP contribution is 2.17. The molecule has 0 aliphatic rings. The number of hydrogen-bond donors (Lipinski definition) is 0. The number of nitrogens with zero attached hydrogens (tertiary/aromatic N) is 3. The Kier molecular flexibility index (Phi) is 6.14. The zero-order valence-corrected chi connectivity index (χ0v) is 17.2. The van der Waals surface area contributed by atoms with Crippen molar-refractivity contribution in [1.82, 2.24) is 9.13 Å². The number of hydrogen-bond acceptors (Lipinski definition) is 4. The van der Waals surface area contributed by atoms with E-state index in [0.29, 0.717) is 29.2 Å². The molecule has 0 saturated carbocycles. The first-order chi connectivity index (χ1) is 13.4. The van der Waals surface area contributed by atoms with E-state index < -0.39 is 5.69 Å². The van der Waals surface area contributed by atoms with Crippen molar-refractivity contribution >= 4 is 33.1 Å². The third-order valence-corrected chi connectivity index (χ3v) is 5.64. The van der Waals surface area contributed by atoms with Gasteiger partial charge in [0.2, 0.25) is 5.91 Å². The third kappa shape index (κ3) is 3.94. The molecule has 3 rings (SSSR count). The second-order valence-electron chi connectivity index (χ2n) is 7.12. The first-order valence-corrected chi connectivity index (χ1v) is 10.4. The molecular weight excluding hydrogens is 374 g/mol. The van der Waals surface area contributed by atoms with Gasteiger partial charge >= 0.3 is 5.69 Å². The molecular formula is C21H25N3O3S. The number of carbonyl (C=O) groups excluding carboxylic acids is 1. The fraction of sp³-hybridized carbons (Fsp3) is 0.381. The predicted octanol–water partition coefficient (Wildman–Crippen LogP) is 3.32. The molecule has 0 unspecified atom stereocenters. The van der Waals surface area contributed by atoms with E-state index in [1.54, 1.807) is 16.3 Å². The number of aromatic nitrogens is 2. The van der Waals surface area contributed by atoms with Gasteiger partial charge in [-0.05, 0) is 42.8 Å². The van der Waals surface area contributed by atoms with Crippen molar-refractivity contribution in [2.45, 2.75) is 40.3 Å². The van der Waals surface area contributed by atoms with E-state index in [2.05, 4.69) is 13.8 Å². The van der Waals surface area contributed by atoms with Crippen molar-refractivity contribution in [2.24, 2.45) is 5.92 Å². The average molecular weight is 400 g/mol. The Morgan fingerprint density at radius 3 is 2.46 bits per heavy atom. The Balaban J connectivity index is 2.02. The van der Waals surface area contributed by atoms with Gasteiger partial charge in [-0.2, -0.15) is 0 Å². The largest absolute Gasteiger partial charge is 0.332 e. The summed E-state index contributed by atoms with van der Waals surface area (Å²) in [5.74, 6) is 0.187. The molecule has 7 heteroatoms. The summed E-state index contributed by atoms with van der Waals surface area (Å²) in [5.41, 5.74) is 0.625. The van der Waals surface area contributed by atoms with Gasteiger partial charge in [0.1, 0.15) is 11.2 Å². The first kappa shape index (κ1) is 20.1. The molecule has 2 heterocycles. The molecule has 3 aromatic rings. The smallest absolute Gasteiger partial charge is 0.311 e. The number of rotatable bonds is 7. The molecule has 0 bridgehead atoms. The number of fused-ring (bicyclic) bond motifs is 1. The maximum absolute atomic E-state index is 13.1. The maximum Gasteiger partial charge on any atom is 0.332 e. The molecule has 1 amide bonds. The highest BCUT2D eigenvalue weighted by molar-refractivity contribution is 7.17. The van der Waals surface area contributed by atoms with Gasteiger partial charge in [0.25, 0.3) is 5.56 Å². The number of amides is 1. The molecule has 0 radical (unpaired) electrons. The van der Waals surface area contributed by atoms with Gasteiger partial charge in [0.15, 0.2) is 0 Å². The number of benzene rings is 1. The fourth-order valence-corrected chi connectivity index (χ4v) is 4.05. The summed E-state index contributed by atoms with van der Waals surface area (Å²) in [6.45, 7) is 6.75. The van der Waals surface area contributed by atoms with Crippen LogP contribution in [0.15, 0.2) is 51.4 Å². The summed E-state index contributed by atoms with van der Waals surface area (Å²) >= 11 is 1.30. The number of anilines is 1. The lowest BCUT2D eigenvalue weighted by molar-refractivity contribution is -0.119. The normalized spacial score (nSPS) is 11.3. The van der Waals surface area contributed by atoms with Crippen molar-refractivity contribution in [3.63, 3.8) is 0 Å². The van der Waals surface area contributed by atoms with Crippen LogP contribution < -0.4 is 16.1 Å². The van der Waals surface area contributed by atoms with Crippen LogP contribution in [0.3, 0.4) is 0 Å². The van der Waals surface area contributed by atoms with E-state index in [1.807, 2.05) is 37.3 Å². The van der Waals surface area contributed by atoms with E-state index >= 15 is 0 Å². The molecule has 148 valence electrons. The fourth-order valence-electron chi connectivity index (χ4n) is 3.20. The summed E-state index contributed by atoms with van der Waals surface area (Å²) in [6, 6.07) is 11.1. The minimum absolute atomic E-state index is 0.100. The number of thiophene rings is 1. The summed E-state index contributed by atoms with van der Waals surface area (Å²) in [6.07, 6.45) is 0.727. The van der Waals surface area contributed by atoms with Crippen molar-refractivity contribution < 1.29 is 4.79 Å². The minimum Gasteiger partial charge on any atom is -0.311 e. The summed E-state index contributed by atoms with van der Waals surface area (Å²) in [7, 11) is 0. The van der Waals surface area contributed by atoms with Gasteiger partial charge in [-0.1, -0.05) is 32.0 Å². The molecule has 1 aromatic carbocycles. The van der Waals surface area contributed by atoms with Crippen LogP contribution in [0.4, 0.5) is 5.69 Å². The number of para-hydroxylation sites is 1. The van der Waals surface area contributed by atoms with Gasteiger partial charge in [-0.15, -0.1) is 11.3 Å². The third-order valence-electron chi connectivity index (χ3n) is 4.75. The minimum atomic E-state index is -0.422. The quantitative estimate of drug-likeness (QED) is 0.612. The predicted molar refractivity (Wildman–Crippen MR) is 114 cm³/mol. The van der Waals surface area contributed by atoms with E-state index in [1.165, 1.54) is 20.5 Å². The van der Waals surface area contributed by atoms with E-state index in [-0.39, 0.29) is 18.0 Å². The van der Waals surface area contributed by atoms with Gasteiger partial charge in [-0.3, -0.25) is 18.7 Å². The van der Waals surface area contributed by atoms with Gasteiger partial charge < -0.3 is 4.90 Å². The molecule has 0 spiro atoms. The molecule has 0 aliphatic carbocycles. The maximum atomic E-state index is 13.1. The monoisotopic (exact) mass is 399 g/mol. The van der Waals surface area contributed by atoms with Crippen LogP contribution in [0.25, 0.3) is 10.2 Å². The first-order valence-electron chi connectivity index (χ1n) is 9.50. The SMILES string of the molecule is CCN(C(=O)Cn1c(=O)n(CCC(C)C)c(=O)c2sccc21)c1ccccc1. The number of likely N-dealkylation sites (N-methyl/N-ethyl adjacent to an activating group) is 1. The molecule has 0 saturated heterocycles. The second kappa shape index (κ2) is 8.56. The molecule has 0 N–H and O–H groups in total. The Morgan fingerprint density at radius 1 is 1.11 bits per heavy atom. The molecule has 0 atom stereocenters. The van der Waals surface area contributed by atoms with Crippen LogP contribution in [-0.4, -0.2) is 21.6 Å². The highest BCUT2D eigenvalue weighted by Gasteiger charge is 2.20. The van der Waals surface area contributed by atoms with Crippen LogP contribution in [0, 0.1) is 5.92 Å². The van der Waals surface area contributed by atoms with Crippen LogP contribution in [-0.2, 0) is 17.9 Å². The average Bonchev–Trinajstić information content (AvgIpc) is 3.16. The lowest BCUT2D eigenvalue weighted by atomic mass is 10.1. The summed E-state index contributed by atoms with van der Waals surface area (Å²) in [5, 5.41) is 1.79. The standard InChI is InChI=1S/C21H25N3O3S/c1-4-22(16-8-6-5-7-9-16)18(25)14-24-17-11-13-28-19(17)20(26)23(21(24)27)12-10-15(2)3/h5-9,11,13,15H,4,10,12,14H2,1-3H3. The summed E-state index contributed by atoms with van der Waals surface area (Å²) in [4.78, 5) is 40.4. The van der Waals surface area contributed by atoms with E-state index in [9.17, 15) is 14.4 Å². The Labute approximate surface area is 167 Å². The summed E-state index contributed by atoms with van der Waals surface area (Å²) < 4.78 is 3.21. The molecule has 0 fully saturated rings. The van der Waals surface area contributed by atoms with Crippen LogP contribution in [0.1, 0.15) is 27.2 Å². The van der Waals surface area contributed by atoms with E-state index in [4.69, 9.17) is 0 Å².